The highest BCUT2D eigenvalue weighted by Crippen LogP contribution is 2.17. The lowest BCUT2D eigenvalue weighted by Crippen LogP contribution is -2.15. The predicted molar refractivity (Wildman–Crippen MR) is 67.9 cm³/mol. The highest BCUT2D eigenvalue weighted by molar-refractivity contribution is 5.97. The van der Waals surface area contributed by atoms with Crippen molar-refractivity contribution in [3.05, 3.63) is 11.6 Å². The summed E-state index contributed by atoms with van der Waals surface area (Å²) in [5, 5.41) is 17.4. The Morgan fingerprint density at radius 3 is 1.88 bits per heavy atom. The van der Waals surface area contributed by atoms with Crippen LogP contribution in [0.3, 0.4) is 0 Å². The Balaban J connectivity index is -0.000000376. The molecule has 3 nitrogen and oxygen atoms in total. The van der Waals surface area contributed by atoms with Crippen molar-refractivity contribution in [2.75, 3.05) is 6.61 Å². The van der Waals surface area contributed by atoms with Gasteiger partial charge in [0.25, 0.3) is 0 Å². The minimum absolute atomic E-state index is 0.0779. The number of nitrogens with zero attached hydrogens (tertiary/aromatic N) is 1. The van der Waals surface area contributed by atoms with E-state index in [-0.39, 0.29) is 18.0 Å². The van der Waals surface area contributed by atoms with Crippen LogP contribution in [0, 0.1) is 16.7 Å². The number of allylic oxidation sites excluding steroid dienone is 1. The third kappa shape index (κ3) is 10.9. The highest BCUT2D eigenvalue weighted by atomic mass is 16.3. The lowest BCUT2D eigenvalue weighted by Gasteiger charge is -2.15. The molecule has 0 fully saturated rings. The lowest BCUT2D eigenvalue weighted by atomic mass is 9.91. The van der Waals surface area contributed by atoms with E-state index in [0.717, 1.165) is 0 Å². The van der Waals surface area contributed by atoms with E-state index in [0.29, 0.717) is 0 Å². The van der Waals surface area contributed by atoms with Gasteiger partial charge in [-0.2, -0.15) is 5.26 Å². The van der Waals surface area contributed by atoms with E-state index in [1.807, 2.05) is 27.7 Å². The van der Waals surface area contributed by atoms with Crippen molar-refractivity contribution in [1.82, 2.24) is 0 Å². The molecule has 0 aromatic carbocycles. The first-order valence-corrected chi connectivity index (χ1v) is 5.67. The normalized spacial score (nSPS) is 10.1. The Labute approximate surface area is 99.8 Å². The zero-order valence-electron chi connectivity index (χ0n) is 11.6. The van der Waals surface area contributed by atoms with Gasteiger partial charge < -0.3 is 5.11 Å². The molecule has 0 aliphatic rings. The molecule has 0 amide bonds. The molecule has 0 aromatic heterocycles. The van der Waals surface area contributed by atoms with Gasteiger partial charge in [-0.25, -0.2) is 0 Å². The zero-order valence-corrected chi connectivity index (χ0v) is 11.6. The first-order chi connectivity index (χ1) is 7.43. The number of ketones is 1. The minimum Gasteiger partial charge on any atom is -0.395 e. The van der Waals surface area contributed by atoms with Crippen molar-refractivity contribution in [3.63, 3.8) is 0 Å². The largest absolute Gasteiger partial charge is 0.395 e. The molecule has 0 aliphatic carbocycles. The molecule has 3 heteroatoms. The molecule has 0 saturated carbocycles. The van der Waals surface area contributed by atoms with E-state index in [4.69, 9.17) is 10.4 Å². The Bertz CT molecular complexity index is 247. The van der Waals surface area contributed by atoms with Crippen molar-refractivity contribution in [1.29, 1.82) is 5.26 Å². The molecular formula is C13H25NO2. The summed E-state index contributed by atoms with van der Waals surface area (Å²) in [6.45, 7) is 12.8. The van der Waals surface area contributed by atoms with Crippen LogP contribution >= 0.6 is 0 Å². The molecule has 16 heavy (non-hydrogen) atoms. The Morgan fingerprint density at radius 1 is 1.31 bits per heavy atom. The molecular weight excluding hydrogens is 202 g/mol. The van der Waals surface area contributed by atoms with Crippen LogP contribution in [0.1, 0.15) is 48.5 Å². The second-order valence-electron chi connectivity index (χ2n) is 3.37. The molecule has 0 aliphatic heterocycles. The van der Waals surface area contributed by atoms with Gasteiger partial charge in [0, 0.05) is 5.41 Å². The monoisotopic (exact) mass is 227 g/mol. The molecule has 0 spiro atoms. The number of aliphatic hydroxyl groups excluding tert-OH is 1. The number of hydrogen-bond donors (Lipinski definition) is 1. The van der Waals surface area contributed by atoms with Gasteiger partial charge in [-0.1, -0.05) is 47.6 Å². The van der Waals surface area contributed by atoms with Crippen LogP contribution in [0.25, 0.3) is 0 Å². The highest BCUT2D eigenvalue weighted by Gasteiger charge is 2.15. The van der Waals surface area contributed by atoms with Crippen LogP contribution in [0.5, 0.6) is 0 Å². The second-order valence-corrected chi connectivity index (χ2v) is 3.37. The Hall–Kier alpha value is -1.14. The van der Waals surface area contributed by atoms with Crippen LogP contribution in [0.2, 0.25) is 0 Å². The number of carbonyl (C=O) groups is 1. The fourth-order valence-corrected chi connectivity index (χ4v) is 0.649. The molecule has 94 valence electrons. The molecule has 0 atom stereocenters. The first kappa shape index (κ1) is 20.3. The van der Waals surface area contributed by atoms with E-state index >= 15 is 0 Å². The molecule has 0 rings (SSSR count). The standard InChI is InChI=1S/C9H13NO2.2C2H6/c1-7(12)8(5-10)4-9(2,3)6-11;2*1-2/h4,11H,6H2,1-3H3;2*1-2H3/b8-4+;;. The van der Waals surface area contributed by atoms with Gasteiger partial charge >= 0.3 is 0 Å². The third-order valence-corrected chi connectivity index (χ3v) is 1.44. The van der Waals surface area contributed by atoms with E-state index < -0.39 is 5.41 Å². The average molecular weight is 227 g/mol. The van der Waals surface area contributed by atoms with Crippen LogP contribution < -0.4 is 0 Å². The Morgan fingerprint density at radius 2 is 1.69 bits per heavy atom. The fraction of sp³-hybridized carbons (Fsp3) is 0.692. The third-order valence-electron chi connectivity index (χ3n) is 1.44. The molecule has 0 bridgehead atoms. The SMILES string of the molecule is CC.CC.CC(=O)/C(C#N)=C/C(C)(C)CO. The lowest BCUT2D eigenvalue weighted by molar-refractivity contribution is -0.113. The number of carbonyl (C=O) groups excluding carboxylic acids is 1. The van der Waals surface area contributed by atoms with Gasteiger partial charge in [0.05, 0.1) is 12.2 Å². The summed E-state index contributed by atoms with van der Waals surface area (Å²) < 4.78 is 0. The van der Waals surface area contributed by atoms with Gasteiger partial charge in [0.2, 0.25) is 0 Å². The molecule has 0 saturated heterocycles. The molecule has 1 N–H and O–H groups in total. The van der Waals surface area contributed by atoms with Gasteiger partial charge in [0.15, 0.2) is 5.78 Å². The van der Waals surface area contributed by atoms with E-state index in [2.05, 4.69) is 0 Å². The van der Waals surface area contributed by atoms with Crippen molar-refractivity contribution >= 4 is 5.78 Å². The predicted octanol–water partition coefficient (Wildman–Crippen LogP) is 3.10. The number of hydrogen-bond acceptors (Lipinski definition) is 3. The van der Waals surface area contributed by atoms with Crippen LogP contribution in [0.4, 0.5) is 0 Å². The summed E-state index contributed by atoms with van der Waals surface area (Å²) in [4.78, 5) is 10.8. The maximum atomic E-state index is 10.8. The number of nitriles is 1. The Kier molecular flexibility index (Phi) is 15.1. The number of aliphatic hydroxyl groups is 1. The summed E-state index contributed by atoms with van der Waals surface area (Å²) in [5.41, 5.74) is -0.398. The summed E-state index contributed by atoms with van der Waals surface area (Å²) in [6.07, 6.45) is 1.50. The molecule has 0 heterocycles. The van der Waals surface area contributed by atoms with Crippen molar-refractivity contribution < 1.29 is 9.90 Å². The van der Waals surface area contributed by atoms with Crippen molar-refractivity contribution in [2.24, 2.45) is 5.41 Å². The van der Waals surface area contributed by atoms with Gasteiger partial charge in [-0.15, -0.1) is 0 Å². The topological polar surface area (TPSA) is 61.1 Å². The summed E-state index contributed by atoms with van der Waals surface area (Å²) >= 11 is 0. The first-order valence-electron chi connectivity index (χ1n) is 5.67. The quantitative estimate of drug-likeness (QED) is 0.595. The second kappa shape index (κ2) is 11.9. The van der Waals surface area contributed by atoms with Crippen LogP contribution in [-0.4, -0.2) is 17.5 Å². The number of Topliss-reactive ketones (excluding diaryl/α,β-unsaturated/α-hetero) is 1. The van der Waals surface area contributed by atoms with Gasteiger partial charge in [-0.05, 0) is 6.92 Å². The smallest absolute Gasteiger partial charge is 0.169 e. The van der Waals surface area contributed by atoms with E-state index in [1.54, 1.807) is 19.9 Å². The maximum absolute atomic E-state index is 10.8. The fourth-order valence-electron chi connectivity index (χ4n) is 0.649. The van der Waals surface area contributed by atoms with Crippen LogP contribution in [-0.2, 0) is 4.79 Å². The summed E-state index contributed by atoms with van der Waals surface area (Å²) in [5.74, 6) is -0.265. The van der Waals surface area contributed by atoms with Gasteiger partial charge in [-0.3, -0.25) is 4.79 Å². The van der Waals surface area contributed by atoms with E-state index in [1.165, 1.54) is 13.0 Å². The van der Waals surface area contributed by atoms with Gasteiger partial charge in [0.1, 0.15) is 6.07 Å². The maximum Gasteiger partial charge on any atom is 0.169 e. The van der Waals surface area contributed by atoms with Crippen molar-refractivity contribution in [3.8, 4) is 6.07 Å². The molecule has 0 radical (unpaired) electrons. The summed E-state index contributed by atoms with van der Waals surface area (Å²) in [7, 11) is 0. The van der Waals surface area contributed by atoms with Crippen molar-refractivity contribution in [2.45, 2.75) is 48.5 Å². The molecule has 0 unspecified atom stereocenters. The average Bonchev–Trinajstić information content (AvgIpc) is 2.31. The molecule has 0 aromatic rings. The zero-order chi connectivity index (χ0) is 13.8. The van der Waals surface area contributed by atoms with E-state index in [9.17, 15) is 4.79 Å². The minimum atomic E-state index is -0.503. The van der Waals surface area contributed by atoms with Crippen LogP contribution in [0.15, 0.2) is 11.6 Å². The number of rotatable bonds is 3. The summed E-state index contributed by atoms with van der Waals surface area (Å²) in [6, 6.07) is 1.79.